The minimum absolute atomic E-state index is 0.0865. The summed E-state index contributed by atoms with van der Waals surface area (Å²) in [6, 6.07) is 10.6. The monoisotopic (exact) mass is 378 g/mol. The van der Waals surface area contributed by atoms with Crippen molar-refractivity contribution in [3.05, 3.63) is 63.4 Å². The fourth-order valence-electron chi connectivity index (χ4n) is 4.28. The van der Waals surface area contributed by atoms with Crippen molar-refractivity contribution in [3.63, 3.8) is 0 Å². The number of aliphatic hydroxyl groups excluding tert-OH is 1. The minimum atomic E-state index is -1.86. The Kier molecular flexibility index (Phi) is 3.50. The average molecular weight is 378 g/mol. The third-order valence-electron chi connectivity index (χ3n) is 5.82. The van der Waals surface area contributed by atoms with Crippen molar-refractivity contribution >= 4 is 16.9 Å². The van der Waals surface area contributed by atoms with Crippen LogP contribution in [0.2, 0.25) is 0 Å². The number of ether oxygens (including phenoxy) is 1. The van der Waals surface area contributed by atoms with Crippen LogP contribution < -0.4 is 5.56 Å². The molecule has 0 aliphatic carbocycles. The summed E-state index contributed by atoms with van der Waals surface area (Å²) in [4.78, 5) is 30.2. The zero-order valence-electron chi connectivity index (χ0n) is 15.2. The van der Waals surface area contributed by atoms with E-state index in [1.54, 1.807) is 13.0 Å². The van der Waals surface area contributed by atoms with Gasteiger partial charge in [-0.15, -0.1) is 0 Å². The van der Waals surface area contributed by atoms with E-state index in [-0.39, 0.29) is 36.3 Å². The molecule has 0 radical (unpaired) electrons. The molecule has 142 valence electrons. The van der Waals surface area contributed by atoms with Gasteiger partial charge in [-0.05, 0) is 24.6 Å². The number of carbonyl (C=O) groups excluding carboxylic acids is 1. The Morgan fingerprint density at radius 3 is 2.82 bits per heavy atom. The number of fused-ring (bicyclic) bond motifs is 5. The summed E-state index contributed by atoms with van der Waals surface area (Å²) in [5, 5.41) is 21.8. The number of nitrogens with zero attached hydrogens (tertiary/aromatic N) is 2. The smallest absolute Gasteiger partial charge is 0.343 e. The van der Waals surface area contributed by atoms with Crippen LogP contribution in [0.5, 0.6) is 0 Å². The third-order valence-corrected chi connectivity index (χ3v) is 5.82. The number of benzene rings is 1. The van der Waals surface area contributed by atoms with E-state index in [9.17, 15) is 19.8 Å². The first-order chi connectivity index (χ1) is 13.5. The molecule has 7 heteroatoms. The van der Waals surface area contributed by atoms with Gasteiger partial charge in [0.05, 0.1) is 35.1 Å². The predicted molar refractivity (Wildman–Crippen MR) is 101 cm³/mol. The summed E-state index contributed by atoms with van der Waals surface area (Å²) < 4.78 is 6.57. The number of carbonyl (C=O) groups is 1. The molecule has 0 unspecified atom stereocenters. The van der Waals surface area contributed by atoms with Gasteiger partial charge >= 0.3 is 5.97 Å². The summed E-state index contributed by atoms with van der Waals surface area (Å²) in [6.45, 7) is 1.20. The highest BCUT2D eigenvalue weighted by Crippen LogP contribution is 2.42. The molecule has 1 aromatic carbocycles. The van der Waals surface area contributed by atoms with Crippen LogP contribution in [0.3, 0.4) is 0 Å². The summed E-state index contributed by atoms with van der Waals surface area (Å²) in [7, 11) is 0. The van der Waals surface area contributed by atoms with E-state index < -0.39 is 17.6 Å². The lowest BCUT2D eigenvalue weighted by atomic mass is 9.86. The van der Waals surface area contributed by atoms with Crippen molar-refractivity contribution < 1.29 is 19.7 Å². The molecule has 0 bridgehead atoms. The third kappa shape index (κ3) is 2.03. The number of esters is 1. The van der Waals surface area contributed by atoms with Crippen molar-refractivity contribution in [3.8, 4) is 11.4 Å². The molecule has 0 saturated carbocycles. The number of pyridine rings is 2. The molecule has 2 N–H and O–H groups in total. The van der Waals surface area contributed by atoms with E-state index in [1.807, 2.05) is 30.3 Å². The number of hydrogen-bond donors (Lipinski definition) is 2. The number of hydrogen-bond acceptors (Lipinski definition) is 6. The van der Waals surface area contributed by atoms with Crippen molar-refractivity contribution in [2.75, 3.05) is 6.61 Å². The van der Waals surface area contributed by atoms with Crippen LogP contribution in [0.4, 0.5) is 0 Å². The molecule has 0 amide bonds. The van der Waals surface area contributed by atoms with E-state index in [2.05, 4.69) is 0 Å². The molecule has 2 aliphatic heterocycles. The first-order valence-electron chi connectivity index (χ1n) is 9.19. The summed E-state index contributed by atoms with van der Waals surface area (Å²) >= 11 is 0. The Morgan fingerprint density at radius 1 is 1.29 bits per heavy atom. The first-order valence-corrected chi connectivity index (χ1v) is 9.19. The van der Waals surface area contributed by atoms with Gasteiger partial charge in [-0.3, -0.25) is 9.36 Å². The number of aliphatic hydroxyl groups is 2. The Hall–Kier alpha value is -3.03. The molecule has 4 heterocycles. The molecule has 5 rings (SSSR count). The topological polar surface area (TPSA) is 102 Å². The lowest BCUT2D eigenvalue weighted by Gasteiger charge is -2.32. The SMILES string of the molecule is CC[C@@]1(O)C(=O)OCc2c1cc1n(c2=O)[C@@H](CO)c2cc3ccccc3nc2-1. The van der Waals surface area contributed by atoms with Gasteiger partial charge in [0.25, 0.3) is 5.56 Å². The molecular formula is C21H18N2O5. The second-order valence-corrected chi connectivity index (χ2v) is 7.20. The molecule has 2 aliphatic rings. The van der Waals surface area contributed by atoms with Crippen LogP contribution in [-0.4, -0.2) is 32.3 Å². The maximum atomic E-state index is 13.3. The highest BCUT2D eigenvalue weighted by atomic mass is 16.6. The fraction of sp³-hybridized carbons (Fsp3) is 0.286. The number of para-hydroxylation sites is 1. The van der Waals surface area contributed by atoms with Gasteiger partial charge in [-0.2, -0.15) is 0 Å². The van der Waals surface area contributed by atoms with Gasteiger partial charge < -0.3 is 14.9 Å². The van der Waals surface area contributed by atoms with Crippen LogP contribution >= 0.6 is 0 Å². The normalized spacial score (nSPS) is 22.5. The van der Waals surface area contributed by atoms with E-state index in [0.29, 0.717) is 11.4 Å². The molecule has 7 nitrogen and oxygen atoms in total. The van der Waals surface area contributed by atoms with Gasteiger partial charge in [-0.25, -0.2) is 9.78 Å². The van der Waals surface area contributed by atoms with E-state index in [1.165, 1.54) is 4.57 Å². The standard InChI is InChI=1S/C21H18N2O5/c1-2-21(27)14-8-16-18-12(7-11-5-3-4-6-15(11)22-18)17(9-24)23(16)19(25)13(14)10-28-20(21)26/h3-8,17,24,27H,2,9-10H2,1H3/t17-,21-/m0/s1. The van der Waals surface area contributed by atoms with Crippen LogP contribution in [0.15, 0.2) is 41.2 Å². The Balaban J connectivity index is 1.86. The minimum Gasteiger partial charge on any atom is -0.458 e. The van der Waals surface area contributed by atoms with Crippen LogP contribution in [0, 0.1) is 0 Å². The molecule has 3 aromatic rings. The zero-order chi connectivity index (χ0) is 19.6. The summed E-state index contributed by atoms with van der Waals surface area (Å²) in [6.07, 6.45) is 0.0865. The molecule has 2 aromatic heterocycles. The maximum Gasteiger partial charge on any atom is 0.343 e. The predicted octanol–water partition coefficient (Wildman–Crippen LogP) is 1.61. The van der Waals surface area contributed by atoms with E-state index in [4.69, 9.17) is 9.72 Å². The Morgan fingerprint density at radius 2 is 2.07 bits per heavy atom. The van der Waals surface area contributed by atoms with Crippen molar-refractivity contribution in [1.29, 1.82) is 0 Å². The van der Waals surface area contributed by atoms with Crippen LogP contribution in [-0.2, 0) is 21.7 Å². The van der Waals surface area contributed by atoms with Crippen molar-refractivity contribution in [2.45, 2.75) is 31.6 Å². The largest absolute Gasteiger partial charge is 0.458 e. The number of rotatable bonds is 2. The quantitative estimate of drug-likeness (QED) is 0.657. The average Bonchev–Trinajstić information content (AvgIpc) is 3.02. The van der Waals surface area contributed by atoms with Crippen molar-refractivity contribution in [1.82, 2.24) is 9.55 Å². The van der Waals surface area contributed by atoms with E-state index in [0.717, 1.165) is 16.5 Å². The lowest BCUT2D eigenvalue weighted by molar-refractivity contribution is -0.172. The zero-order valence-corrected chi connectivity index (χ0v) is 15.2. The van der Waals surface area contributed by atoms with Crippen molar-refractivity contribution in [2.24, 2.45) is 0 Å². The molecule has 28 heavy (non-hydrogen) atoms. The molecular weight excluding hydrogens is 360 g/mol. The lowest BCUT2D eigenvalue weighted by Crippen LogP contribution is -2.44. The molecule has 0 spiro atoms. The van der Waals surface area contributed by atoms with Crippen LogP contribution in [0.25, 0.3) is 22.3 Å². The van der Waals surface area contributed by atoms with Gasteiger partial charge in [0, 0.05) is 16.5 Å². The highest BCUT2D eigenvalue weighted by molar-refractivity contribution is 5.86. The fourth-order valence-corrected chi connectivity index (χ4v) is 4.28. The highest BCUT2D eigenvalue weighted by Gasteiger charge is 2.46. The summed E-state index contributed by atoms with van der Waals surface area (Å²) in [5.41, 5.74) is 0.838. The molecule has 0 fully saturated rings. The maximum absolute atomic E-state index is 13.3. The van der Waals surface area contributed by atoms with E-state index >= 15 is 0 Å². The molecule has 2 atom stereocenters. The summed E-state index contributed by atoms with van der Waals surface area (Å²) in [5.74, 6) is -0.754. The number of aromatic nitrogens is 2. The second kappa shape index (κ2) is 5.73. The number of cyclic esters (lactones) is 1. The Labute approximate surface area is 159 Å². The van der Waals surface area contributed by atoms with Gasteiger partial charge in [0.2, 0.25) is 0 Å². The van der Waals surface area contributed by atoms with Gasteiger partial charge in [-0.1, -0.05) is 25.1 Å². The van der Waals surface area contributed by atoms with Gasteiger partial charge in [0.15, 0.2) is 5.60 Å². The Bertz CT molecular complexity index is 1220. The van der Waals surface area contributed by atoms with Gasteiger partial charge in [0.1, 0.15) is 6.61 Å². The second-order valence-electron chi connectivity index (χ2n) is 7.20. The van der Waals surface area contributed by atoms with Crippen LogP contribution in [0.1, 0.15) is 36.1 Å². The first kappa shape index (κ1) is 17.1. The molecule has 0 saturated heterocycles.